The lowest BCUT2D eigenvalue weighted by atomic mass is 9.84. The quantitative estimate of drug-likeness (QED) is 0.344. The van der Waals surface area contributed by atoms with Gasteiger partial charge in [-0.2, -0.15) is 0 Å². The van der Waals surface area contributed by atoms with Crippen molar-refractivity contribution in [1.82, 2.24) is 0 Å². The molecule has 4 aromatic rings. The zero-order valence-electron chi connectivity index (χ0n) is 16.5. The fraction of sp³-hybridized carbons (Fsp3) is 0.120. The third-order valence-electron chi connectivity index (χ3n) is 5.29. The van der Waals surface area contributed by atoms with E-state index < -0.39 is 11.9 Å². The number of benzene rings is 4. The van der Waals surface area contributed by atoms with E-state index in [0.29, 0.717) is 10.9 Å². The van der Waals surface area contributed by atoms with E-state index in [1.54, 1.807) is 0 Å². The second-order valence-electron chi connectivity index (χ2n) is 6.81. The Hall–Kier alpha value is -3.66. The van der Waals surface area contributed by atoms with Crippen LogP contribution in [-0.4, -0.2) is 26.2 Å². The lowest BCUT2D eigenvalue weighted by Gasteiger charge is -2.20. The fourth-order valence-electron chi connectivity index (χ4n) is 4.03. The minimum Gasteiger partial charge on any atom is -0.465 e. The van der Waals surface area contributed by atoms with Crippen LogP contribution in [0.1, 0.15) is 26.3 Å². The Labute approximate surface area is 168 Å². The standard InChI is InChI=1S/C25H20O4/c1-15-20(17-10-5-4-6-11-17)19-14-13-16-9-7-8-12-18(16)22(19)23(25(27)29-3)21(15)24(26)28-2/h4-14H,1-3H3. The fourth-order valence-corrected chi connectivity index (χ4v) is 4.03. The molecule has 0 radical (unpaired) electrons. The maximum atomic E-state index is 12.9. The Morgan fingerprint density at radius 1 is 0.690 bits per heavy atom. The highest BCUT2D eigenvalue weighted by Gasteiger charge is 2.28. The summed E-state index contributed by atoms with van der Waals surface area (Å²) in [4.78, 5) is 25.7. The van der Waals surface area contributed by atoms with Crippen molar-refractivity contribution in [2.75, 3.05) is 14.2 Å². The van der Waals surface area contributed by atoms with Gasteiger partial charge in [-0.15, -0.1) is 0 Å². The Kier molecular flexibility index (Phi) is 4.77. The Balaban J connectivity index is 2.32. The van der Waals surface area contributed by atoms with Crippen LogP contribution in [0.2, 0.25) is 0 Å². The molecule has 0 N–H and O–H groups in total. The van der Waals surface area contributed by atoms with E-state index >= 15 is 0 Å². The van der Waals surface area contributed by atoms with Crippen molar-refractivity contribution >= 4 is 33.5 Å². The molecule has 0 aliphatic rings. The van der Waals surface area contributed by atoms with Gasteiger partial charge in [-0.1, -0.05) is 66.7 Å². The van der Waals surface area contributed by atoms with Crippen LogP contribution in [0.15, 0.2) is 66.7 Å². The predicted octanol–water partition coefficient (Wildman–Crippen LogP) is 5.54. The molecule has 4 heteroatoms. The number of methoxy groups -OCH3 is 2. The molecule has 0 bridgehead atoms. The highest BCUT2D eigenvalue weighted by atomic mass is 16.5. The molecule has 0 unspecified atom stereocenters. The van der Waals surface area contributed by atoms with Gasteiger partial charge in [-0.3, -0.25) is 0 Å². The monoisotopic (exact) mass is 384 g/mol. The molecule has 4 aromatic carbocycles. The van der Waals surface area contributed by atoms with E-state index in [0.717, 1.165) is 27.3 Å². The molecule has 0 heterocycles. The van der Waals surface area contributed by atoms with E-state index in [4.69, 9.17) is 9.47 Å². The number of carbonyl (C=O) groups is 2. The van der Waals surface area contributed by atoms with Crippen molar-refractivity contribution in [2.24, 2.45) is 0 Å². The van der Waals surface area contributed by atoms with Crippen molar-refractivity contribution in [1.29, 1.82) is 0 Å². The molecule has 0 aliphatic carbocycles. The second-order valence-corrected chi connectivity index (χ2v) is 6.81. The molecule has 4 rings (SSSR count). The van der Waals surface area contributed by atoms with Gasteiger partial charge in [0.1, 0.15) is 0 Å². The van der Waals surface area contributed by atoms with Crippen LogP contribution in [0, 0.1) is 6.92 Å². The normalized spacial score (nSPS) is 10.9. The summed E-state index contributed by atoms with van der Waals surface area (Å²) in [6.45, 7) is 1.84. The molecule has 0 amide bonds. The number of hydrogen-bond donors (Lipinski definition) is 0. The number of hydrogen-bond acceptors (Lipinski definition) is 4. The number of rotatable bonds is 3. The highest BCUT2D eigenvalue weighted by Crippen LogP contribution is 2.41. The van der Waals surface area contributed by atoms with E-state index in [-0.39, 0.29) is 11.1 Å². The summed E-state index contributed by atoms with van der Waals surface area (Å²) in [7, 11) is 2.64. The number of esters is 2. The van der Waals surface area contributed by atoms with Crippen molar-refractivity contribution in [3.63, 3.8) is 0 Å². The molecule has 0 saturated carbocycles. The first-order chi connectivity index (χ1) is 14.1. The van der Waals surface area contributed by atoms with Gasteiger partial charge in [0.15, 0.2) is 0 Å². The Bertz CT molecular complexity index is 1260. The molecule has 29 heavy (non-hydrogen) atoms. The van der Waals surface area contributed by atoms with Gasteiger partial charge in [-0.25, -0.2) is 9.59 Å². The first-order valence-electron chi connectivity index (χ1n) is 9.28. The predicted molar refractivity (Wildman–Crippen MR) is 114 cm³/mol. The smallest absolute Gasteiger partial charge is 0.339 e. The van der Waals surface area contributed by atoms with E-state index in [9.17, 15) is 9.59 Å². The van der Waals surface area contributed by atoms with E-state index in [1.165, 1.54) is 14.2 Å². The molecule has 0 fully saturated rings. The first kappa shape index (κ1) is 18.7. The van der Waals surface area contributed by atoms with Gasteiger partial charge >= 0.3 is 11.9 Å². The zero-order valence-corrected chi connectivity index (χ0v) is 16.5. The topological polar surface area (TPSA) is 52.6 Å². The van der Waals surface area contributed by atoms with Gasteiger partial charge in [0.2, 0.25) is 0 Å². The second kappa shape index (κ2) is 7.40. The third kappa shape index (κ3) is 2.93. The van der Waals surface area contributed by atoms with Gasteiger partial charge in [0.25, 0.3) is 0 Å². The summed E-state index contributed by atoms with van der Waals surface area (Å²) in [5.41, 5.74) is 3.03. The molecule has 4 nitrogen and oxygen atoms in total. The molecule has 0 aromatic heterocycles. The SMILES string of the molecule is COC(=O)c1c(C)c(-c2ccccc2)c2ccc3ccccc3c2c1C(=O)OC. The summed E-state index contributed by atoms with van der Waals surface area (Å²) < 4.78 is 10.1. The van der Waals surface area contributed by atoms with Crippen molar-refractivity contribution in [2.45, 2.75) is 6.92 Å². The molecule has 144 valence electrons. The molecule has 0 atom stereocenters. The van der Waals surface area contributed by atoms with Gasteiger partial charge in [-0.05, 0) is 39.8 Å². The van der Waals surface area contributed by atoms with Crippen molar-refractivity contribution in [3.8, 4) is 11.1 Å². The van der Waals surface area contributed by atoms with Crippen LogP contribution in [0.4, 0.5) is 0 Å². The van der Waals surface area contributed by atoms with Crippen molar-refractivity contribution < 1.29 is 19.1 Å². The summed E-state index contributed by atoms with van der Waals surface area (Å²) in [5, 5.41) is 3.44. The van der Waals surface area contributed by atoms with Crippen molar-refractivity contribution in [3.05, 3.63) is 83.4 Å². The van der Waals surface area contributed by atoms with E-state index in [2.05, 4.69) is 0 Å². The van der Waals surface area contributed by atoms with Crippen LogP contribution in [0.3, 0.4) is 0 Å². The average molecular weight is 384 g/mol. The summed E-state index contributed by atoms with van der Waals surface area (Å²) in [6, 6.07) is 21.7. The van der Waals surface area contributed by atoms with Crippen LogP contribution in [0.5, 0.6) is 0 Å². The van der Waals surface area contributed by atoms with E-state index in [1.807, 2.05) is 73.7 Å². The Morgan fingerprint density at radius 3 is 2.00 bits per heavy atom. The minimum absolute atomic E-state index is 0.238. The number of fused-ring (bicyclic) bond motifs is 3. The Morgan fingerprint density at radius 2 is 1.31 bits per heavy atom. The van der Waals surface area contributed by atoms with Crippen LogP contribution in [0.25, 0.3) is 32.7 Å². The summed E-state index contributed by atoms with van der Waals surface area (Å²) in [6.07, 6.45) is 0. The molecule has 0 saturated heterocycles. The van der Waals surface area contributed by atoms with Gasteiger partial charge in [0.05, 0.1) is 25.3 Å². The third-order valence-corrected chi connectivity index (χ3v) is 5.29. The molecule has 0 aliphatic heterocycles. The van der Waals surface area contributed by atoms with Crippen LogP contribution >= 0.6 is 0 Å². The lowest BCUT2D eigenvalue weighted by molar-refractivity contribution is 0.0556. The number of ether oxygens (including phenoxy) is 2. The number of carbonyl (C=O) groups excluding carboxylic acids is 2. The largest absolute Gasteiger partial charge is 0.465 e. The summed E-state index contributed by atoms with van der Waals surface area (Å²) in [5.74, 6) is -1.12. The molecule has 0 spiro atoms. The molecular weight excluding hydrogens is 364 g/mol. The lowest BCUT2D eigenvalue weighted by Crippen LogP contribution is -2.15. The zero-order chi connectivity index (χ0) is 20.5. The summed E-state index contributed by atoms with van der Waals surface area (Å²) >= 11 is 0. The molecular formula is C25H20O4. The average Bonchev–Trinajstić information content (AvgIpc) is 2.77. The highest BCUT2D eigenvalue weighted by molar-refractivity contribution is 6.24. The minimum atomic E-state index is -0.561. The van der Waals surface area contributed by atoms with Crippen LogP contribution < -0.4 is 0 Å². The maximum Gasteiger partial charge on any atom is 0.339 e. The van der Waals surface area contributed by atoms with Gasteiger partial charge < -0.3 is 9.47 Å². The van der Waals surface area contributed by atoms with Crippen LogP contribution in [-0.2, 0) is 9.47 Å². The maximum absolute atomic E-state index is 12.9. The van der Waals surface area contributed by atoms with Gasteiger partial charge in [0, 0.05) is 5.39 Å². The first-order valence-corrected chi connectivity index (χ1v) is 9.28.